The maximum Gasteiger partial charge on any atom is 0.481 e. The number of hydrogen-bond donors (Lipinski definition) is 7. The van der Waals surface area contributed by atoms with Gasteiger partial charge in [0.1, 0.15) is 48.5 Å². The molecule has 0 radical (unpaired) electrons. The van der Waals surface area contributed by atoms with Gasteiger partial charge in [0, 0.05) is 6.61 Å². The molecule has 0 spiro atoms. The molecule has 0 aromatic carbocycles. The van der Waals surface area contributed by atoms with E-state index in [0.717, 1.165) is 6.33 Å². The molecule has 39 heavy (non-hydrogen) atoms. The van der Waals surface area contributed by atoms with Crippen molar-refractivity contribution in [2.45, 2.75) is 62.5 Å². The molecule has 4 rings (SSSR count). The minimum absolute atomic E-state index is 0.0653. The van der Waals surface area contributed by atoms with Crippen LogP contribution in [-0.2, 0) is 36.7 Å². The standard InChI is InChI=1S/C18H29N5O14P2/c1-2-3-32-18-14(27)12(25)9(36-18)5-34-39(30,31)37-38(28,29)33-4-8-11(24)13(26)17(35-8)23-7-22-10-15(19)20-6-21-16(10)23/h6-9,11-14,17-18,24-27H,2-5H2,1H3,(H,28,29)(H,30,31)(H2,19,20,21)/t8-,9-,11-,12-,13-,14-,17-,18-/m1/s1. The van der Waals surface area contributed by atoms with E-state index in [-0.39, 0.29) is 23.6 Å². The van der Waals surface area contributed by atoms with E-state index in [9.17, 15) is 39.3 Å². The Bertz CT molecular complexity index is 1240. The molecule has 2 aromatic heterocycles. The summed E-state index contributed by atoms with van der Waals surface area (Å²) in [4.78, 5) is 31.6. The number of nitrogens with zero attached hydrogens (tertiary/aromatic N) is 4. The van der Waals surface area contributed by atoms with Crippen LogP contribution in [0.3, 0.4) is 0 Å². The van der Waals surface area contributed by atoms with E-state index < -0.39 is 78.0 Å². The smallest absolute Gasteiger partial charge is 0.387 e. The number of anilines is 1. The van der Waals surface area contributed by atoms with Gasteiger partial charge in [0.2, 0.25) is 0 Å². The van der Waals surface area contributed by atoms with Crippen LogP contribution < -0.4 is 5.73 Å². The number of nitrogen functional groups attached to an aromatic ring is 1. The molecule has 2 aliphatic rings. The summed E-state index contributed by atoms with van der Waals surface area (Å²) in [5.74, 6) is 0.0653. The Labute approximate surface area is 220 Å². The minimum Gasteiger partial charge on any atom is -0.387 e. The first-order valence-corrected chi connectivity index (χ1v) is 14.6. The fourth-order valence-electron chi connectivity index (χ4n) is 3.89. The van der Waals surface area contributed by atoms with Gasteiger partial charge in [0.05, 0.1) is 19.5 Å². The number of imidazole rings is 1. The van der Waals surface area contributed by atoms with Crippen molar-refractivity contribution in [1.29, 1.82) is 0 Å². The molecular formula is C18H29N5O14P2. The Morgan fingerprint density at radius 1 is 0.949 bits per heavy atom. The molecule has 2 fully saturated rings. The van der Waals surface area contributed by atoms with Crippen LogP contribution in [0.15, 0.2) is 12.7 Å². The zero-order valence-electron chi connectivity index (χ0n) is 20.3. The van der Waals surface area contributed by atoms with Crippen LogP contribution >= 0.6 is 15.6 Å². The molecule has 0 saturated carbocycles. The molecule has 0 amide bonds. The molecule has 220 valence electrons. The minimum atomic E-state index is -5.30. The molecule has 19 nitrogen and oxygen atoms in total. The molecule has 2 aromatic rings. The first-order chi connectivity index (χ1) is 18.3. The molecule has 0 aliphatic carbocycles. The fraction of sp³-hybridized carbons (Fsp3) is 0.722. The van der Waals surface area contributed by atoms with E-state index >= 15 is 0 Å². The van der Waals surface area contributed by atoms with Crippen molar-refractivity contribution < 1.29 is 66.9 Å². The van der Waals surface area contributed by atoms with Gasteiger partial charge in [0.25, 0.3) is 0 Å². The molecule has 2 saturated heterocycles. The van der Waals surface area contributed by atoms with Crippen molar-refractivity contribution in [3.05, 3.63) is 12.7 Å². The van der Waals surface area contributed by atoms with Crippen LogP contribution in [0.4, 0.5) is 5.82 Å². The number of aliphatic hydroxyl groups excluding tert-OH is 4. The number of ether oxygens (including phenoxy) is 3. The Morgan fingerprint density at radius 3 is 2.21 bits per heavy atom. The van der Waals surface area contributed by atoms with Crippen LogP contribution in [0.25, 0.3) is 11.2 Å². The average Bonchev–Trinajstić information content (AvgIpc) is 3.50. The highest BCUT2D eigenvalue weighted by Crippen LogP contribution is 2.60. The first kappa shape index (κ1) is 30.3. The third-order valence-corrected chi connectivity index (χ3v) is 8.42. The number of phosphoric ester groups is 2. The van der Waals surface area contributed by atoms with Crippen LogP contribution in [0.2, 0.25) is 0 Å². The van der Waals surface area contributed by atoms with E-state index in [1.165, 1.54) is 10.9 Å². The van der Waals surface area contributed by atoms with Gasteiger partial charge in [0.15, 0.2) is 24.0 Å². The Morgan fingerprint density at radius 2 is 1.56 bits per heavy atom. The average molecular weight is 601 g/mol. The number of phosphoric acid groups is 2. The van der Waals surface area contributed by atoms with Crippen LogP contribution in [0, 0.1) is 0 Å². The predicted molar refractivity (Wildman–Crippen MR) is 125 cm³/mol. The van der Waals surface area contributed by atoms with Crippen LogP contribution in [-0.4, -0.2) is 112 Å². The monoisotopic (exact) mass is 601 g/mol. The van der Waals surface area contributed by atoms with Crippen LogP contribution in [0.1, 0.15) is 19.6 Å². The Balaban J connectivity index is 1.31. The van der Waals surface area contributed by atoms with E-state index in [1.54, 1.807) is 6.92 Å². The van der Waals surface area contributed by atoms with E-state index in [0.29, 0.717) is 6.42 Å². The molecule has 21 heteroatoms. The van der Waals surface area contributed by atoms with Crippen molar-refractivity contribution in [2.24, 2.45) is 0 Å². The predicted octanol–water partition coefficient (Wildman–Crippen LogP) is -1.85. The van der Waals surface area contributed by atoms with Crippen molar-refractivity contribution >= 4 is 32.6 Å². The van der Waals surface area contributed by atoms with Gasteiger partial charge in [-0.1, -0.05) is 6.92 Å². The molecular weight excluding hydrogens is 572 g/mol. The molecule has 2 unspecified atom stereocenters. The zero-order chi connectivity index (χ0) is 28.5. The molecule has 10 atom stereocenters. The molecule has 0 bridgehead atoms. The number of rotatable bonds is 12. The van der Waals surface area contributed by atoms with E-state index in [4.69, 9.17) is 19.9 Å². The summed E-state index contributed by atoms with van der Waals surface area (Å²) in [6, 6.07) is 0. The fourth-order valence-corrected chi connectivity index (χ4v) is 5.98. The number of aromatic nitrogens is 4. The first-order valence-electron chi connectivity index (χ1n) is 11.6. The summed E-state index contributed by atoms with van der Waals surface area (Å²) in [7, 11) is -10.6. The lowest BCUT2D eigenvalue weighted by Gasteiger charge is -2.20. The van der Waals surface area contributed by atoms with Gasteiger partial charge in [-0.15, -0.1) is 0 Å². The topological polar surface area (TPSA) is 281 Å². The summed E-state index contributed by atoms with van der Waals surface area (Å²) in [6.45, 7) is 0.344. The second kappa shape index (κ2) is 12.1. The summed E-state index contributed by atoms with van der Waals surface area (Å²) >= 11 is 0. The highest BCUT2D eigenvalue weighted by atomic mass is 31.3. The lowest BCUT2D eigenvalue weighted by Crippen LogP contribution is -2.35. The summed E-state index contributed by atoms with van der Waals surface area (Å²) in [6.07, 6.45) is -8.36. The Hall–Kier alpha value is -1.67. The quantitative estimate of drug-likeness (QED) is 0.131. The highest BCUT2D eigenvalue weighted by molar-refractivity contribution is 7.61. The van der Waals surface area contributed by atoms with Crippen molar-refractivity contribution in [2.75, 3.05) is 25.6 Å². The summed E-state index contributed by atoms with van der Waals surface area (Å²) in [5.41, 5.74) is 6.13. The van der Waals surface area contributed by atoms with Crippen molar-refractivity contribution in [3.8, 4) is 0 Å². The third-order valence-electron chi connectivity index (χ3n) is 5.81. The Kier molecular flexibility index (Phi) is 9.36. The third kappa shape index (κ3) is 6.80. The van der Waals surface area contributed by atoms with E-state index in [1.807, 2.05) is 0 Å². The van der Waals surface area contributed by atoms with E-state index in [2.05, 4.69) is 28.3 Å². The highest BCUT2D eigenvalue weighted by Gasteiger charge is 2.47. The maximum atomic E-state index is 12.3. The second-order valence-corrected chi connectivity index (χ2v) is 11.7. The van der Waals surface area contributed by atoms with Gasteiger partial charge in [-0.05, 0) is 6.42 Å². The normalized spacial score (nSPS) is 34.3. The molecule has 8 N–H and O–H groups in total. The summed E-state index contributed by atoms with van der Waals surface area (Å²) in [5, 5.41) is 40.8. The van der Waals surface area contributed by atoms with Gasteiger partial charge < -0.3 is 50.2 Å². The molecule has 2 aliphatic heterocycles. The SMILES string of the molecule is CCCO[C@@H]1O[C@H](COP(=O)(O)OP(=O)(O)OC[C@H]2O[C@@H](n3cnc4c(N)ncnc43)[C@H](O)[C@@H]2O)[C@@H](O)[C@H]1O. The van der Waals surface area contributed by atoms with Gasteiger partial charge in [-0.25, -0.2) is 24.1 Å². The van der Waals surface area contributed by atoms with Gasteiger partial charge in [-0.3, -0.25) is 13.6 Å². The second-order valence-electron chi connectivity index (χ2n) is 8.63. The van der Waals surface area contributed by atoms with Crippen molar-refractivity contribution in [3.63, 3.8) is 0 Å². The van der Waals surface area contributed by atoms with Gasteiger partial charge >= 0.3 is 15.6 Å². The lowest BCUT2D eigenvalue weighted by molar-refractivity contribution is -0.168. The van der Waals surface area contributed by atoms with Gasteiger partial charge in [-0.2, -0.15) is 4.31 Å². The lowest BCUT2D eigenvalue weighted by atomic mass is 10.1. The zero-order valence-corrected chi connectivity index (χ0v) is 22.1. The number of aliphatic hydroxyl groups is 4. The summed E-state index contributed by atoms with van der Waals surface area (Å²) < 4.78 is 55.3. The number of fused-ring (bicyclic) bond motifs is 1. The van der Waals surface area contributed by atoms with Crippen LogP contribution in [0.5, 0.6) is 0 Å². The van der Waals surface area contributed by atoms with Crippen molar-refractivity contribution in [1.82, 2.24) is 19.5 Å². The largest absolute Gasteiger partial charge is 0.481 e. The number of nitrogens with two attached hydrogens (primary N) is 1. The maximum absolute atomic E-state index is 12.3. The number of hydrogen-bond acceptors (Lipinski definition) is 16. The molecule has 4 heterocycles.